The molecule has 25 heavy (non-hydrogen) atoms. The van der Waals surface area contributed by atoms with E-state index < -0.39 is 0 Å². The Bertz CT molecular complexity index is 379. The van der Waals surface area contributed by atoms with Gasteiger partial charge in [0.25, 0.3) is 0 Å². The SMILES string of the molecule is CCCCCCCCCCCCc1ccccc1.CCOC(C)=O.[CaH2]. The van der Waals surface area contributed by atoms with Crippen molar-refractivity contribution in [1.82, 2.24) is 0 Å². The van der Waals surface area contributed by atoms with Crippen LogP contribution in [0.15, 0.2) is 30.3 Å². The van der Waals surface area contributed by atoms with Crippen molar-refractivity contribution in [2.24, 2.45) is 0 Å². The van der Waals surface area contributed by atoms with Gasteiger partial charge in [0.15, 0.2) is 0 Å². The molecule has 0 spiro atoms. The zero-order chi connectivity index (χ0) is 17.9. The van der Waals surface area contributed by atoms with Crippen molar-refractivity contribution in [2.75, 3.05) is 6.61 Å². The van der Waals surface area contributed by atoms with Crippen LogP contribution in [-0.4, -0.2) is 50.3 Å². The zero-order valence-electron chi connectivity index (χ0n) is 16.2. The molecule has 0 unspecified atom stereocenters. The van der Waals surface area contributed by atoms with Crippen LogP contribution in [0.5, 0.6) is 0 Å². The Morgan fingerprint density at radius 1 is 0.800 bits per heavy atom. The summed E-state index contributed by atoms with van der Waals surface area (Å²) in [6.07, 6.45) is 15.5. The van der Waals surface area contributed by atoms with Gasteiger partial charge in [-0.1, -0.05) is 95.0 Å². The molecule has 1 aromatic rings. The standard InChI is InChI=1S/C18H30.C4H8O2.Ca.2H/c1-2-3-4-5-6-7-8-9-10-12-15-18-16-13-11-14-17-18;1-3-6-4(2)5;;;/h11,13-14,16-17H,2-10,12,15H2,1H3;3H2,1-2H3;;;. The van der Waals surface area contributed by atoms with Gasteiger partial charge in [-0.2, -0.15) is 0 Å². The summed E-state index contributed by atoms with van der Waals surface area (Å²) in [7, 11) is 0. The van der Waals surface area contributed by atoms with Gasteiger partial charge < -0.3 is 4.74 Å². The van der Waals surface area contributed by atoms with Gasteiger partial charge in [0.1, 0.15) is 0 Å². The van der Waals surface area contributed by atoms with Crippen molar-refractivity contribution in [2.45, 2.75) is 91.4 Å². The van der Waals surface area contributed by atoms with Gasteiger partial charge in [0, 0.05) is 6.92 Å². The van der Waals surface area contributed by atoms with E-state index in [4.69, 9.17) is 0 Å². The predicted molar refractivity (Wildman–Crippen MR) is 113 cm³/mol. The summed E-state index contributed by atoms with van der Waals surface area (Å²) in [5, 5.41) is 0. The Labute approximate surface area is 186 Å². The second-order valence-electron chi connectivity index (χ2n) is 6.34. The Morgan fingerprint density at radius 3 is 1.68 bits per heavy atom. The van der Waals surface area contributed by atoms with Gasteiger partial charge in [-0.05, 0) is 25.3 Å². The summed E-state index contributed by atoms with van der Waals surface area (Å²) in [6, 6.07) is 10.9. The van der Waals surface area contributed by atoms with E-state index in [1.165, 1.54) is 83.1 Å². The topological polar surface area (TPSA) is 26.3 Å². The van der Waals surface area contributed by atoms with E-state index >= 15 is 0 Å². The van der Waals surface area contributed by atoms with Crippen LogP contribution in [0.1, 0.15) is 90.5 Å². The molecular formula is C22H40CaO2. The van der Waals surface area contributed by atoms with Crippen LogP contribution >= 0.6 is 0 Å². The van der Waals surface area contributed by atoms with Crippen LogP contribution in [0.25, 0.3) is 0 Å². The second kappa shape index (κ2) is 22.0. The molecule has 0 saturated heterocycles. The zero-order valence-corrected chi connectivity index (χ0v) is 16.2. The molecule has 3 heteroatoms. The first-order chi connectivity index (χ1) is 11.7. The molecule has 142 valence electrons. The van der Waals surface area contributed by atoms with Crippen LogP contribution in [0.3, 0.4) is 0 Å². The number of carbonyl (C=O) groups is 1. The Hall–Kier alpha value is -0.0503. The molecule has 0 saturated carbocycles. The molecule has 0 aliphatic carbocycles. The molecule has 0 radical (unpaired) electrons. The summed E-state index contributed by atoms with van der Waals surface area (Å²) >= 11 is 0. The summed E-state index contributed by atoms with van der Waals surface area (Å²) in [6.45, 7) is 5.94. The first-order valence-electron chi connectivity index (χ1n) is 9.88. The number of benzene rings is 1. The number of unbranched alkanes of at least 4 members (excludes halogenated alkanes) is 9. The third-order valence-electron chi connectivity index (χ3n) is 4.01. The van der Waals surface area contributed by atoms with Crippen molar-refractivity contribution in [1.29, 1.82) is 0 Å². The van der Waals surface area contributed by atoms with E-state index in [2.05, 4.69) is 42.0 Å². The van der Waals surface area contributed by atoms with E-state index in [1.54, 1.807) is 6.92 Å². The van der Waals surface area contributed by atoms with Crippen LogP contribution in [0.2, 0.25) is 0 Å². The molecule has 0 aromatic heterocycles. The van der Waals surface area contributed by atoms with E-state index in [0.717, 1.165) is 0 Å². The van der Waals surface area contributed by atoms with Gasteiger partial charge in [0.2, 0.25) is 0 Å². The Morgan fingerprint density at radius 2 is 1.28 bits per heavy atom. The van der Waals surface area contributed by atoms with Crippen molar-refractivity contribution in [3.63, 3.8) is 0 Å². The van der Waals surface area contributed by atoms with Gasteiger partial charge in [0.05, 0.1) is 6.61 Å². The Kier molecular flexibility index (Phi) is 23.9. The van der Waals surface area contributed by atoms with Gasteiger partial charge in [-0.15, -0.1) is 0 Å². The van der Waals surface area contributed by atoms with Crippen LogP contribution in [0, 0.1) is 0 Å². The first-order valence-corrected chi connectivity index (χ1v) is 9.88. The van der Waals surface area contributed by atoms with Crippen molar-refractivity contribution in [3.05, 3.63) is 35.9 Å². The van der Waals surface area contributed by atoms with Crippen LogP contribution in [0.4, 0.5) is 0 Å². The van der Waals surface area contributed by atoms with Crippen LogP contribution < -0.4 is 0 Å². The van der Waals surface area contributed by atoms with Crippen molar-refractivity contribution < 1.29 is 9.53 Å². The molecule has 1 aromatic carbocycles. The maximum atomic E-state index is 9.82. The van der Waals surface area contributed by atoms with E-state index in [-0.39, 0.29) is 43.7 Å². The molecule has 0 atom stereocenters. The second-order valence-corrected chi connectivity index (χ2v) is 6.34. The molecule has 2 nitrogen and oxygen atoms in total. The number of carbonyl (C=O) groups excluding carboxylic acids is 1. The Balaban J connectivity index is 0. The number of hydrogen-bond acceptors (Lipinski definition) is 2. The van der Waals surface area contributed by atoms with E-state index in [9.17, 15) is 4.79 Å². The fourth-order valence-corrected chi connectivity index (χ4v) is 2.66. The maximum absolute atomic E-state index is 9.82. The molecule has 0 aliphatic heterocycles. The molecule has 0 N–H and O–H groups in total. The molecule has 0 amide bonds. The number of aryl methyl sites for hydroxylation is 1. The fraction of sp³-hybridized carbons (Fsp3) is 0.682. The molecule has 0 fully saturated rings. The normalized spacial score (nSPS) is 9.56. The number of rotatable bonds is 12. The molecule has 0 aliphatic rings. The summed E-state index contributed by atoms with van der Waals surface area (Å²) in [4.78, 5) is 9.82. The minimum atomic E-state index is -0.211. The number of esters is 1. The third kappa shape index (κ3) is 21.9. The minimum absolute atomic E-state index is 0. The molecular weight excluding hydrogens is 336 g/mol. The number of ether oxygens (including phenoxy) is 1. The average Bonchev–Trinajstić information content (AvgIpc) is 2.58. The monoisotopic (exact) mass is 376 g/mol. The quantitative estimate of drug-likeness (QED) is 0.262. The van der Waals surface area contributed by atoms with Gasteiger partial charge in [-0.25, -0.2) is 0 Å². The van der Waals surface area contributed by atoms with E-state index in [0.29, 0.717) is 6.61 Å². The predicted octanol–water partition coefficient (Wildman–Crippen LogP) is 5.80. The average molecular weight is 377 g/mol. The van der Waals surface area contributed by atoms with Gasteiger partial charge in [-0.3, -0.25) is 4.79 Å². The molecule has 0 heterocycles. The molecule has 0 bridgehead atoms. The molecule has 1 rings (SSSR count). The van der Waals surface area contributed by atoms with Gasteiger partial charge >= 0.3 is 43.7 Å². The summed E-state index contributed by atoms with van der Waals surface area (Å²) in [5.41, 5.74) is 1.50. The summed E-state index contributed by atoms with van der Waals surface area (Å²) < 4.78 is 4.40. The third-order valence-corrected chi connectivity index (χ3v) is 4.01. The van der Waals surface area contributed by atoms with Crippen molar-refractivity contribution >= 4 is 43.7 Å². The van der Waals surface area contributed by atoms with Crippen LogP contribution in [-0.2, 0) is 16.0 Å². The number of hydrogen-bond donors (Lipinski definition) is 0. The summed E-state index contributed by atoms with van der Waals surface area (Å²) in [5.74, 6) is -0.211. The van der Waals surface area contributed by atoms with Crippen molar-refractivity contribution in [3.8, 4) is 0 Å². The van der Waals surface area contributed by atoms with E-state index in [1.807, 2.05) is 0 Å². The fourth-order valence-electron chi connectivity index (χ4n) is 2.66. The first kappa shape index (κ1) is 27.2.